The van der Waals surface area contributed by atoms with Crippen molar-refractivity contribution in [3.8, 4) is 11.8 Å². The number of nitrogens with one attached hydrogen (secondary N) is 1. The van der Waals surface area contributed by atoms with Gasteiger partial charge in [-0.2, -0.15) is 23.5 Å². The van der Waals surface area contributed by atoms with Gasteiger partial charge in [-0.05, 0) is 74.2 Å². The third-order valence-corrected chi connectivity index (χ3v) is 8.73. The maximum atomic E-state index is 14.4. The van der Waals surface area contributed by atoms with E-state index in [2.05, 4.69) is 11.4 Å². The van der Waals surface area contributed by atoms with Crippen molar-refractivity contribution >= 4 is 23.5 Å². The van der Waals surface area contributed by atoms with Crippen molar-refractivity contribution in [3.63, 3.8) is 0 Å². The number of likely N-dealkylation sites (tertiary alicyclic amines) is 1. The Labute approximate surface area is 273 Å². The number of hydrogen-bond donors (Lipinski definition) is 1. The Kier molecular flexibility index (Phi) is 8.75. The van der Waals surface area contributed by atoms with Gasteiger partial charge in [0.05, 0.1) is 17.3 Å². The zero-order valence-corrected chi connectivity index (χ0v) is 25.7. The van der Waals surface area contributed by atoms with Crippen molar-refractivity contribution in [1.82, 2.24) is 20.0 Å². The fourth-order valence-corrected chi connectivity index (χ4v) is 6.44. The number of nitrogens with zero attached hydrogens (tertiary/aromatic N) is 5. The number of carbonyl (C=O) groups excluding carboxylic acids is 3. The number of anilines is 1. The highest BCUT2D eigenvalue weighted by Gasteiger charge is 2.48. The van der Waals surface area contributed by atoms with Gasteiger partial charge >= 0.3 is 6.18 Å². The minimum absolute atomic E-state index is 0.0606. The van der Waals surface area contributed by atoms with E-state index in [1.807, 2.05) is 0 Å². The summed E-state index contributed by atoms with van der Waals surface area (Å²) in [6.07, 6.45) is -2.81. The molecule has 2 aliphatic heterocycles. The second-order valence-electron chi connectivity index (χ2n) is 11.6. The van der Waals surface area contributed by atoms with Crippen LogP contribution in [0.25, 0.3) is 5.69 Å². The lowest BCUT2D eigenvalue weighted by Gasteiger charge is -2.39. The van der Waals surface area contributed by atoms with Gasteiger partial charge in [0.15, 0.2) is 5.69 Å². The number of benzene rings is 3. The van der Waals surface area contributed by atoms with Crippen molar-refractivity contribution in [2.24, 2.45) is 0 Å². The third kappa shape index (κ3) is 5.90. The predicted molar refractivity (Wildman–Crippen MR) is 167 cm³/mol. The van der Waals surface area contributed by atoms with Crippen molar-refractivity contribution in [3.05, 3.63) is 113 Å². The standard InChI is InChI=1S/C35H30F4N6O3/c1-2-43-32-28(30(42-45(32)25-11-4-3-5-12-25)34(48)44-18-7-6-13-26(44)20-40)27(21-14-16-24(36)17-15-21)29(33(43)47)41-31(46)22-9-8-10-23(19-22)35(37,38)39/h3-5,8-12,14-17,19,26-27,29H,2,6-7,13,18H2,1H3,(H,41,46)/t26-,27-,29-/m0/s1. The van der Waals surface area contributed by atoms with E-state index in [4.69, 9.17) is 5.10 Å². The van der Waals surface area contributed by atoms with Gasteiger partial charge in [0, 0.05) is 30.1 Å². The van der Waals surface area contributed by atoms with Gasteiger partial charge < -0.3 is 10.2 Å². The Hall–Kier alpha value is -5.51. The molecule has 6 rings (SSSR count). The topological polar surface area (TPSA) is 111 Å². The van der Waals surface area contributed by atoms with E-state index in [-0.39, 0.29) is 29.2 Å². The molecule has 1 aromatic heterocycles. The van der Waals surface area contributed by atoms with Crippen LogP contribution in [0, 0.1) is 17.1 Å². The van der Waals surface area contributed by atoms with Crippen LogP contribution in [0.15, 0.2) is 78.9 Å². The van der Waals surface area contributed by atoms with Crippen molar-refractivity contribution < 1.29 is 31.9 Å². The number of rotatable bonds is 6. The first-order valence-electron chi connectivity index (χ1n) is 15.5. The molecule has 3 aromatic carbocycles. The highest BCUT2D eigenvalue weighted by Crippen LogP contribution is 2.44. The lowest BCUT2D eigenvalue weighted by atomic mass is 9.80. The van der Waals surface area contributed by atoms with Gasteiger partial charge in [-0.25, -0.2) is 9.07 Å². The lowest BCUT2D eigenvalue weighted by Crippen LogP contribution is -2.55. The normalized spacial score (nSPS) is 19.4. The second kappa shape index (κ2) is 12.9. The summed E-state index contributed by atoms with van der Waals surface area (Å²) in [6, 6.07) is 17.9. The molecule has 0 spiro atoms. The van der Waals surface area contributed by atoms with Gasteiger partial charge in [-0.3, -0.25) is 19.3 Å². The Balaban J connectivity index is 1.57. The number of halogens is 4. The smallest absolute Gasteiger partial charge is 0.339 e. The molecular weight excluding hydrogens is 628 g/mol. The number of nitriles is 1. The van der Waals surface area contributed by atoms with Crippen LogP contribution in [-0.4, -0.2) is 57.6 Å². The third-order valence-electron chi connectivity index (χ3n) is 8.73. The number of piperidine rings is 1. The zero-order valence-electron chi connectivity index (χ0n) is 25.7. The van der Waals surface area contributed by atoms with Crippen LogP contribution in [0.1, 0.15) is 69.6 Å². The average Bonchev–Trinajstić information content (AvgIpc) is 3.48. The van der Waals surface area contributed by atoms with E-state index in [1.54, 1.807) is 37.3 Å². The van der Waals surface area contributed by atoms with Crippen LogP contribution in [0.2, 0.25) is 0 Å². The maximum Gasteiger partial charge on any atom is 0.416 e. The number of alkyl halides is 3. The molecule has 1 fully saturated rings. The molecule has 13 heteroatoms. The number of amides is 3. The molecule has 1 saturated heterocycles. The first kappa shape index (κ1) is 32.4. The number of carbonyl (C=O) groups is 3. The average molecular weight is 659 g/mol. The molecule has 9 nitrogen and oxygen atoms in total. The van der Waals surface area contributed by atoms with E-state index >= 15 is 0 Å². The van der Waals surface area contributed by atoms with Crippen LogP contribution in [0.5, 0.6) is 0 Å². The summed E-state index contributed by atoms with van der Waals surface area (Å²) in [5, 5.41) is 17.3. The molecule has 0 bridgehead atoms. The molecule has 3 heterocycles. The minimum Gasteiger partial charge on any atom is -0.339 e. The lowest BCUT2D eigenvalue weighted by molar-refractivity contribution is -0.137. The molecule has 3 amide bonds. The number of aromatic nitrogens is 2. The monoisotopic (exact) mass is 658 g/mol. The van der Waals surface area contributed by atoms with Gasteiger partial charge in [0.1, 0.15) is 23.7 Å². The molecule has 0 aliphatic carbocycles. The maximum absolute atomic E-state index is 14.4. The Morgan fingerprint density at radius 2 is 1.75 bits per heavy atom. The molecule has 246 valence electrons. The fourth-order valence-electron chi connectivity index (χ4n) is 6.44. The van der Waals surface area contributed by atoms with Crippen LogP contribution in [-0.2, 0) is 11.0 Å². The quantitative estimate of drug-likeness (QED) is 0.262. The summed E-state index contributed by atoms with van der Waals surface area (Å²) in [7, 11) is 0. The highest BCUT2D eigenvalue weighted by molar-refractivity contribution is 6.07. The molecule has 48 heavy (non-hydrogen) atoms. The largest absolute Gasteiger partial charge is 0.416 e. The number of likely N-dealkylation sites (N-methyl/N-ethyl adjacent to an activating group) is 1. The van der Waals surface area contributed by atoms with E-state index in [0.29, 0.717) is 36.7 Å². The molecule has 3 atom stereocenters. The SMILES string of the molecule is CCN1C(=O)[C@@H](NC(=O)c2cccc(C(F)(F)F)c2)[C@@H](c2ccc(F)cc2)c2c(C(=O)N3CCCC[C@H]3C#N)nn(-c3ccccc3)c21. The van der Waals surface area contributed by atoms with Crippen LogP contribution in [0.3, 0.4) is 0 Å². The Morgan fingerprint density at radius 3 is 2.42 bits per heavy atom. The first-order valence-corrected chi connectivity index (χ1v) is 15.5. The summed E-state index contributed by atoms with van der Waals surface area (Å²) in [5.74, 6) is -3.54. The summed E-state index contributed by atoms with van der Waals surface area (Å²) in [6.45, 7) is 2.08. The first-order chi connectivity index (χ1) is 23.0. The van der Waals surface area contributed by atoms with Gasteiger partial charge in [-0.15, -0.1) is 0 Å². The molecule has 0 saturated carbocycles. The van der Waals surface area contributed by atoms with Crippen LogP contribution in [0.4, 0.5) is 23.4 Å². The molecular formula is C35H30F4N6O3. The van der Waals surface area contributed by atoms with Crippen molar-refractivity contribution in [2.45, 2.75) is 50.4 Å². The molecule has 4 aromatic rings. The van der Waals surface area contributed by atoms with Crippen molar-refractivity contribution in [1.29, 1.82) is 5.26 Å². The molecule has 0 unspecified atom stereocenters. The summed E-state index contributed by atoms with van der Waals surface area (Å²) >= 11 is 0. The number of hydrogen-bond acceptors (Lipinski definition) is 5. The summed E-state index contributed by atoms with van der Waals surface area (Å²) < 4.78 is 56.2. The van der Waals surface area contributed by atoms with Gasteiger partial charge in [-0.1, -0.05) is 36.4 Å². The summed E-state index contributed by atoms with van der Waals surface area (Å²) in [4.78, 5) is 45.2. The Bertz CT molecular complexity index is 1900. The van der Waals surface area contributed by atoms with Crippen LogP contribution < -0.4 is 10.2 Å². The number of fused-ring (bicyclic) bond motifs is 1. The highest BCUT2D eigenvalue weighted by atomic mass is 19.4. The summed E-state index contributed by atoms with van der Waals surface area (Å²) in [5.41, 5.74) is -0.288. The van der Waals surface area contributed by atoms with Crippen molar-refractivity contribution in [2.75, 3.05) is 18.0 Å². The minimum atomic E-state index is -4.71. The van der Waals surface area contributed by atoms with E-state index in [9.17, 15) is 37.2 Å². The zero-order chi connectivity index (χ0) is 34.2. The Morgan fingerprint density at radius 1 is 1.02 bits per heavy atom. The molecule has 2 aliphatic rings. The van der Waals surface area contributed by atoms with Crippen LogP contribution >= 0.6 is 0 Å². The fraction of sp³-hybridized carbons (Fsp3) is 0.286. The molecule has 1 N–H and O–H groups in total. The number of para-hydroxylation sites is 1. The second-order valence-corrected chi connectivity index (χ2v) is 11.6. The van der Waals surface area contributed by atoms with Gasteiger partial charge in [0.25, 0.3) is 17.7 Å². The van der Waals surface area contributed by atoms with E-state index in [0.717, 1.165) is 18.6 Å². The molecule has 0 radical (unpaired) electrons. The van der Waals surface area contributed by atoms with Gasteiger partial charge in [0.2, 0.25) is 0 Å². The predicted octanol–water partition coefficient (Wildman–Crippen LogP) is 5.85. The van der Waals surface area contributed by atoms with E-state index in [1.165, 1.54) is 44.8 Å². The van der Waals surface area contributed by atoms with E-state index < -0.39 is 53.3 Å².